The highest BCUT2D eigenvalue weighted by molar-refractivity contribution is 5.13. The molecule has 0 saturated carbocycles. The Morgan fingerprint density at radius 2 is 2.07 bits per heavy atom. The van der Waals surface area contributed by atoms with Gasteiger partial charge in [-0.1, -0.05) is 36.4 Å². The van der Waals surface area contributed by atoms with Crippen molar-refractivity contribution in [2.45, 2.75) is 25.5 Å². The Balaban J connectivity index is 2.30. The molecule has 0 aliphatic heterocycles. The van der Waals surface area contributed by atoms with E-state index in [0.29, 0.717) is 13.2 Å². The van der Waals surface area contributed by atoms with E-state index in [2.05, 4.69) is 6.58 Å². The summed E-state index contributed by atoms with van der Waals surface area (Å²) in [7, 11) is 0. The lowest BCUT2D eigenvalue weighted by atomic mass is 10.0. The molecule has 0 aliphatic rings. The van der Waals surface area contributed by atoms with Gasteiger partial charge in [0.15, 0.2) is 0 Å². The summed E-state index contributed by atoms with van der Waals surface area (Å²) in [6.45, 7) is 6.81. The molecule has 0 fully saturated rings. The van der Waals surface area contributed by atoms with Gasteiger partial charge >= 0.3 is 0 Å². The molecule has 15 heavy (non-hydrogen) atoms. The van der Waals surface area contributed by atoms with E-state index < -0.39 is 0 Å². The summed E-state index contributed by atoms with van der Waals surface area (Å²) in [6.07, 6.45) is 2.59. The van der Waals surface area contributed by atoms with Crippen molar-refractivity contribution >= 4 is 0 Å². The van der Waals surface area contributed by atoms with Crippen LogP contribution in [0.3, 0.4) is 0 Å². The van der Waals surface area contributed by atoms with Gasteiger partial charge < -0.3 is 10.5 Å². The van der Waals surface area contributed by atoms with Gasteiger partial charge in [-0.2, -0.15) is 0 Å². The Labute approximate surface area is 91.7 Å². The van der Waals surface area contributed by atoms with E-state index >= 15 is 0 Å². The Bertz CT molecular complexity index is 293. The fourth-order valence-electron chi connectivity index (χ4n) is 1.36. The molecular formula is C13H19NO. The zero-order chi connectivity index (χ0) is 11.1. The van der Waals surface area contributed by atoms with Gasteiger partial charge in [0.05, 0.1) is 13.2 Å². The van der Waals surface area contributed by atoms with Gasteiger partial charge in [-0.15, -0.1) is 6.58 Å². The third kappa shape index (κ3) is 4.77. The lowest BCUT2D eigenvalue weighted by Crippen LogP contribution is -2.40. The molecule has 0 amide bonds. The topological polar surface area (TPSA) is 35.2 Å². The number of ether oxygens (including phenoxy) is 1. The molecule has 2 N–H and O–H groups in total. The molecule has 1 atom stereocenters. The molecule has 1 aromatic carbocycles. The number of hydrogen-bond donors (Lipinski definition) is 1. The zero-order valence-electron chi connectivity index (χ0n) is 9.28. The molecule has 0 unspecified atom stereocenters. The first-order valence-electron chi connectivity index (χ1n) is 5.15. The van der Waals surface area contributed by atoms with E-state index in [9.17, 15) is 0 Å². The zero-order valence-corrected chi connectivity index (χ0v) is 9.28. The highest BCUT2D eigenvalue weighted by atomic mass is 16.5. The molecule has 2 heteroatoms. The van der Waals surface area contributed by atoms with Crippen molar-refractivity contribution in [3.05, 3.63) is 48.6 Å². The van der Waals surface area contributed by atoms with Gasteiger partial charge in [-0.3, -0.25) is 0 Å². The minimum Gasteiger partial charge on any atom is -0.375 e. The normalized spacial score (nSPS) is 14.5. The minimum absolute atomic E-state index is 0.309. The second-order valence-electron chi connectivity index (χ2n) is 4.13. The quantitative estimate of drug-likeness (QED) is 0.724. The molecule has 2 nitrogen and oxygen atoms in total. The summed E-state index contributed by atoms with van der Waals surface area (Å²) in [6, 6.07) is 10.1. The summed E-state index contributed by atoms with van der Waals surface area (Å²) >= 11 is 0. The standard InChI is InChI=1S/C13H19NO/c1-3-9-13(2,14)11-15-10-12-7-5-4-6-8-12/h3-8H,1,9-11,14H2,2H3/t13-/m0/s1. The average molecular weight is 205 g/mol. The van der Waals surface area contributed by atoms with Crippen LogP contribution >= 0.6 is 0 Å². The van der Waals surface area contributed by atoms with Crippen LogP contribution in [0.25, 0.3) is 0 Å². The van der Waals surface area contributed by atoms with Crippen molar-refractivity contribution in [2.24, 2.45) is 5.73 Å². The third-order valence-electron chi connectivity index (χ3n) is 2.15. The van der Waals surface area contributed by atoms with Crippen molar-refractivity contribution in [1.29, 1.82) is 0 Å². The van der Waals surface area contributed by atoms with Crippen LogP contribution in [-0.4, -0.2) is 12.1 Å². The lowest BCUT2D eigenvalue weighted by molar-refractivity contribution is 0.0800. The molecule has 1 rings (SSSR count). The van der Waals surface area contributed by atoms with Gasteiger partial charge in [0.1, 0.15) is 0 Å². The number of nitrogens with two attached hydrogens (primary N) is 1. The van der Waals surface area contributed by atoms with Crippen LogP contribution in [0.1, 0.15) is 18.9 Å². The van der Waals surface area contributed by atoms with Crippen LogP contribution in [0.5, 0.6) is 0 Å². The Hall–Kier alpha value is -1.12. The third-order valence-corrected chi connectivity index (χ3v) is 2.15. The first-order valence-corrected chi connectivity index (χ1v) is 5.15. The predicted molar refractivity (Wildman–Crippen MR) is 63.5 cm³/mol. The number of rotatable bonds is 6. The van der Waals surface area contributed by atoms with Crippen LogP contribution < -0.4 is 5.73 Å². The van der Waals surface area contributed by atoms with Gasteiger partial charge in [0.2, 0.25) is 0 Å². The molecule has 0 spiro atoms. The van der Waals surface area contributed by atoms with E-state index in [1.165, 1.54) is 5.56 Å². The number of hydrogen-bond acceptors (Lipinski definition) is 2. The second-order valence-corrected chi connectivity index (χ2v) is 4.13. The van der Waals surface area contributed by atoms with Crippen LogP contribution in [0.4, 0.5) is 0 Å². The highest BCUT2D eigenvalue weighted by Crippen LogP contribution is 2.08. The molecule has 0 heterocycles. The Morgan fingerprint density at radius 3 is 2.67 bits per heavy atom. The van der Waals surface area contributed by atoms with Crippen LogP contribution in [0, 0.1) is 0 Å². The van der Waals surface area contributed by atoms with Gasteiger partial charge in [-0.05, 0) is 18.9 Å². The molecule has 82 valence electrons. The van der Waals surface area contributed by atoms with Crippen LogP contribution in [0.15, 0.2) is 43.0 Å². The van der Waals surface area contributed by atoms with Crippen molar-refractivity contribution in [2.75, 3.05) is 6.61 Å². The smallest absolute Gasteiger partial charge is 0.0717 e. The highest BCUT2D eigenvalue weighted by Gasteiger charge is 2.16. The minimum atomic E-state index is -0.309. The molecule has 1 aromatic rings. The second kappa shape index (κ2) is 5.69. The molecule has 0 saturated heterocycles. The van der Waals surface area contributed by atoms with E-state index in [0.717, 1.165) is 6.42 Å². The van der Waals surface area contributed by atoms with Gasteiger partial charge in [0, 0.05) is 5.54 Å². The van der Waals surface area contributed by atoms with Crippen LogP contribution in [-0.2, 0) is 11.3 Å². The Morgan fingerprint density at radius 1 is 1.40 bits per heavy atom. The molecule has 0 radical (unpaired) electrons. The lowest BCUT2D eigenvalue weighted by Gasteiger charge is -2.22. The van der Waals surface area contributed by atoms with E-state index in [1.54, 1.807) is 0 Å². The van der Waals surface area contributed by atoms with Gasteiger partial charge in [0.25, 0.3) is 0 Å². The first kappa shape index (κ1) is 12.0. The molecule has 0 aliphatic carbocycles. The monoisotopic (exact) mass is 205 g/mol. The summed E-state index contributed by atoms with van der Waals surface area (Å²) in [5.74, 6) is 0. The van der Waals surface area contributed by atoms with Gasteiger partial charge in [-0.25, -0.2) is 0 Å². The Kier molecular flexibility index (Phi) is 4.53. The summed E-state index contributed by atoms with van der Waals surface area (Å²) < 4.78 is 5.56. The fraction of sp³-hybridized carbons (Fsp3) is 0.385. The summed E-state index contributed by atoms with van der Waals surface area (Å²) in [5.41, 5.74) is 6.86. The predicted octanol–water partition coefficient (Wildman–Crippen LogP) is 2.50. The molecule has 0 aromatic heterocycles. The largest absolute Gasteiger partial charge is 0.375 e. The fourth-order valence-corrected chi connectivity index (χ4v) is 1.36. The van der Waals surface area contributed by atoms with Crippen molar-refractivity contribution < 1.29 is 4.74 Å². The molecular weight excluding hydrogens is 186 g/mol. The maximum Gasteiger partial charge on any atom is 0.0717 e. The number of benzene rings is 1. The SMILES string of the molecule is C=CC[C@](C)(N)COCc1ccccc1. The van der Waals surface area contributed by atoms with Crippen molar-refractivity contribution in [3.8, 4) is 0 Å². The van der Waals surface area contributed by atoms with E-state index in [-0.39, 0.29) is 5.54 Å². The van der Waals surface area contributed by atoms with E-state index in [1.807, 2.05) is 43.3 Å². The maximum atomic E-state index is 6.00. The first-order chi connectivity index (χ1) is 7.14. The van der Waals surface area contributed by atoms with Crippen molar-refractivity contribution in [3.63, 3.8) is 0 Å². The summed E-state index contributed by atoms with van der Waals surface area (Å²) in [4.78, 5) is 0. The maximum absolute atomic E-state index is 6.00. The van der Waals surface area contributed by atoms with E-state index in [4.69, 9.17) is 10.5 Å². The summed E-state index contributed by atoms with van der Waals surface area (Å²) in [5, 5.41) is 0. The average Bonchev–Trinajstić information content (AvgIpc) is 2.19. The molecule has 0 bridgehead atoms. The van der Waals surface area contributed by atoms with Crippen LogP contribution in [0.2, 0.25) is 0 Å². The van der Waals surface area contributed by atoms with Crippen molar-refractivity contribution in [1.82, 2.24) is 0 Å².